The molecule has 0 spiro atoms. The molecule has 1 aliphatic rings. The molecule has 0 fully saturated rings. The third-order valence-electron chi connectivity index (χ3n) is 11.4. The molecule has 3 heterocycles. The van der Waals surface area contributed by atoms with Crippen LogP contribution < -0.4 is 52.5 Å². The predicted octanol–water partition coefficient (Wildman–Crippen LogP) is 11.1. The number of benzene rings is 7. The molecule has 1 unspecified atom stereocenters. The van der Waals surface area contributed by atoms with Crippen LogP contribution in [-0.4, -0.2) is 79.6 Å². The molecule has 0 saturated carbocycles. The Bertz CT molecular complexity index is 3660. The van der Waals surface area contributed by atoms with Crippen LogP contribution in [0.25, 0.3) is 11.1 Å². The van der Waals surface area contributed by atoms with Crippen molar-refractivity contribution in [2.75, 3.05) is 35.4 Å². The number of anilines is 4. The van der Waals surface area contributed by atoms with E-state index in [1.54, 1.807) is 37.4 Å². The lowest BCUT2D eigenvalue weighted by molar-refractivity contribution is -0.274. The number of rotatable bonds is 19. The molecular weight excluding hydrogens is 1140 g/mol. The first-order chi connectivity index (χ1) is 40.6. The average Bonchev–Trinajstić information content (AvgIpc) is 4.43. The first-order valence-corrected chi connectivity index (χ1v) is 28.4. The number of hydrazine groups is 1. The van der Waals surface area contributed by atoms with Gasteiger partial charge in [-0.25, -0.2) is 15.1 Å². The van der Waals surface area contributed by atoms with Crippen molar-refractivity contribution < 1.29 is 41.8 Å². The second kappa shape index (κ2) is 30.1. The van der Waals surface area contributed by atoms with Gasteiger partial charge in [-0.15, -0.1) is 18.3 Å². The van der Waals surface area contributed by atoms with E-state index in [4.69, 9.17) is 20.9 Å². The molecule has 1 aliphatic heterocycles. The van der Waals surface area contributed by atoms with Crippen molar-refractivity contribution in [3.8, 4) is 28.4 Å². The predicted molar refractivity (Wildman–Crippen MR) is 322 cm³/mol. The molecule has 20 nitrogen and oxygen atoms in total. The number of nitrogen functional groups attached to an aromatic ring is 1. The normalized spacial score (nSPS) is 12.5. The zero-order valence-corrected chi connectivity index (χ0v) is 47.3. The number of aromatic nitrogens is 6. The molecule has 11 N–H and O–H groups in total. The third-order valence-corrected chi connectivity index (χ3v) is 14.3. The van der Waals surface area contributed by atoms with Gasteiger partial charge in [-0.05, 0) is 114 Å². The van der Waals surface area contributed by atoms with Gasteiger partial charge in [-0.1, -0.05) is 108 Å². The topological polar surface area (TPSA) is 287 Å². The van der Waals surface area contributed by atoms with Gasteiger partial charge >= 0.3 is 6.36 Å². The molecule has 10 rings (SSSR count). The van der Waals surface area contributed by atoms with E-state index in [0.717, 1.165) is 61.7 Å². The average molecular weight is 1200 g/mol. The van der Waals surface area contributed by atoms with Crippen LogP contribution in [0.1, 0.15) is 54.7 Å². The fourth-order valence-corrected chi connectivity index (χ4v) is 9.92. The van der Waals surface area contributed by atoms with Crippen LogP contribution in [0.3, 0.4) is 0 Å². The molecule has 432 valence electrons. The van der Waals surface area contributed by atoms with Gasteiger partial charge in [0.1, 0.15) is 23.6 Å². The zero-order chi connectivity index (χ0) is 59.3. The molecule has 9 aromatic rings. The van der Waals surface area contributed by atoms with E-state index in [1.165, 1.54) is 53.7 Å². The highest BCUT2D eigenvalue weighted by atomic mass is 32.2. The Morgan fingerprint density at radius 1 is 0.643 bits per heavy atom. The number of carbonyl (C=O) groups is 3. The van der Waals surface area contributed by atoms with E-state index in [1.807, 2.05) is 122 Å². The maximum atomic E-state index is 12.8. The number of thioether (sulfide) groups is 3. The van der Waals surface area contributed by atoms with Gasteiger partial charge in [0, 0.05) is 68.7 Å². The highest BCUT2D eigenvalue weighted by molar-refractivity contribution is 8.13. The number of nitrogens with one attached hydrogen (secondary N) is 7. The van der Waals surface area contributed by atoms with Gasteiger partial charge in [0.05, 0.1) is 13.7 Å². The van der Waals surface area contributed by atoms with E-state index >= 15 is 0 Å². The fraction of sp³-hybridized carbons (Fsp3) is 0.138. The Balaban J connectivity index is 0.000000165. The minimum absolute atomic E-state index is 0.143. The quantitative estimate of drug-likeness (QED) is 0.0340. The number of aromatic amines is 2. The minimum Gasteiger partial charge on any atom is -0.496 e. The number of nitrogens with two attached hydrogens (primary N) is 2. The number of nitrogens with zero attached hydrogens (tertiary/aromatic N) is 5. The number of halogens is 3. The summed E-state index contributed by atoms with van der Waals surface area (Å²) in [5.41, 5.74) is 24.9. The summed E-state index contributed by atoms with van der Waals surface area (Å²) in [6.07, 6.45) is -3.75. The number of amides is 3. The second-order valence-electron chi connectivity index (χ2n) is 17.6. The molecular formula is C58H55F3N14O6S3. The summed E-state index contributed by atoms with van der Waals surface area (Å²) in [6, 6.07) is 49.9. The van der Waals surface area contributed by atoms with Crippen LogP contribution >= 0.6 is 35.3 Å². The van der Waals surface area contributed by atoms with Crippen LogP contribution in [0.5, 0.6) is 17.2 Å². The van der Waals surface area contributed by atoms with Gasteiger partial charge in [0.15, 0.2) is 16.6 Å². The number of carbonyl (C=O) groups excluding carboxylic acids is 3. The van der Waals surface area contributed by atoms with Crippen LogP contribution in [0.2, 0.25) is 0 Å². The first-order valence-electron chi connectivity index (χ1n) is 25.4. The molecule has 3 amide bonds. The van der Waals surface area contributed by atoms with Gasteiger partial charge < -0.3 is 35.9 Å². The lowest BCUT2D eigenvalue weighted by atomic mass is 10.0. The van der Waals surface area contributed by atoms with Crippen molar-refractivity contribution in [1.29, 1.82) is 0 Å². The number of hydrogen-bond acceptors (Lipinski definition) is 18. The van der Waals surface area contributed by atoms with Crippen LogP contribution in [-0.2, 0) is 17.3 Å². The van der Waals surface area contributed by atoms with Crippen molar-refractivity contribution in [2.45, 2.75) is 47.1 Å². The van der Waals surface area contributed by atoms with Crippen LogP contribution in [0.15, 0.2) is 191 Å². The largest absolute Gasteiger partial charge is 0.573 e. The van der Waals surface area contributed by atoms with Gasteiger partial charge in [-0.3, -0.25) is 30.6 Å². The summed E-state index contributed by atoms with van der Waals surface area (Å²) in [7, 11) is 1.63. The monoisotopic (exact) mass is 1200 g/mol. The molecule has 2 aromatic heterocycles. The summed E-state index contributed by atoms with van der Waals surface area (Å²) >= 11 is 4.39. The second-order valence-corrected chi connectivity index (χ2v) is 20.5. The Morgan fingerprint density at radius 3 is 1.77 bits per heavy atom. The maximum absolute atomic E-state index is 12.8. The van der Waals surface area contributed by atoms with Crippen molar-refractivity contribution in [3.63, 3.8) is 0 Å². The van der Waals surface area contributed by atoms with Crippen molar-refractivity contribution in [3.05, 3.63) is 210 Å². The Morgan fingerprint density at radius 2 is 1.23 bits per heavy atom. The summed E-state index contributed by atoms with van der Waals surface area (Å²) in [6.45, 7) is 2.55. The number of H-pyrrole nitrogens is 2. The molecule has 84 heavy (non-hydrogen) atoms. The van der Waals surface area contributed by atoms with Crippen molar-refractivity contribution in [1.82, 2.24) is 41.2 Å². The standard InChI is InChI=1S/C23H23N5O2S.C18H18N4O2S.C17H14F3N5O2S/c1-30-20-13-18(10-11-19(20)16-7-3-2-4-8-16)25-21(29)17-9-5-6-15(12-17)14-31-23-26-22(24)27-28-23;1-2-24-16-8-6-15(7-9-16)21-17(23)14-5-3-4-13(10-14)11-25-18-19-12-20-22-18;18-17(19,20)27-13-6-2-5-12(8-13)22-14(26)11-4-1-3-10(7-11)9-28-16-23-15(21)24-25-16/h2-13,22,27H,14,24H2,1H3,(H,25,29)(H,26,28);3-10,12H,2,11H2,1H3,(H,21,23)(H,19,20,22);1-8H,9H2,(H,22,26)(H3,21,23,24,25). The van der Waals surface area contributed by atoms with E-state index in [-0.39, 0.29) is 23.5 Å². The molecule has 1 atom stereocenters. The Kier molecular flexibility index (Phi) is 21.8. The van der Waals surface area contributed by atoms with Crippen LogP contribution in [0.4, 0.5) is 36.2 Å². The molecule has 26 heteroatoms. The van der Waals surface area contributed by atoms with Crippen molar-refractivity contribution in [2.24, 2.45) is 10.7 Å². The number of aliphatic imine (C=N–C) groups is 1. The lowest BCUT2D eigenvalue weighted by Crippen LogP contribution is -2.38. The van der Waals surface area contributed by atoms with E-state index in [9.17, 15) is 27.6 Å². The summed E-state index contributed by atoms with van der Waals surface area (Å²) in [4.78, 5) is 49.9. The number of methoxy groups -OCH3 is 1. The fourth-order valence-electron chi connectivity index (χ4n) is 7.65. The maximum Gasteiger partial charge on any atom is 0.573 e. The molecule has 7 aromatic carbocycles. The van der Waals surface area contributed by atoms with Gasteiger partial charge in [-0.2, -0.15) is 15.5 Å². The summed E-state index contributed by atoms with van der Waals surface area (Å²) < 4.78 is 51.7. The molecule has 0 saturated heterocycles. The van der Waals surface area contributed by atoms with Gasteiger partial charge in [0.25, 0.3) is 17.7 Å². The van der Waals surface area contributed by atoms with E-state index < -0.39 is 24.3 Å². The Labute approximate surface area is 492 Å². The van der Waals surface area contributed by atoms with E-state index in [0.29, 0.717) is 57.1 Å². The first kappa shape index (κ1) is 60.7. The number of hydrogen-bond donors (Lipinski definition) is 9. The highest BCUT2D eigenvalue weighted by Crippen LogP contribution is 2.33. The third kappa shape index (κ3) is 19.1. The smallest absolute Gasteiger partial charge is 0.496 e. The summed E-state index contributed by atoms with van der Waals surface area (Å²) in [5.74, 6) is 2.38. The van der Waals surface area contributed by atoms with E-state index in [2.05, 4.69) is 66.9 Å². The highest BCUT2D eigenvalue weighted by Gasteiger charge is 2.31. The Hall–Kier alpha value is -9.34. The molecule has 0 radical (unpaired) electrons. The zero-order valence-electron chi connectivity index (χ0n) is 44.8. The minimum atomic E-state index is -4.80. The summed E-state index contributed by atoms with van der Waals surface area (Å²) in [5, 5.41) is 23.4. The number of alkyl halides is 3. The number of ether oxygens (including phenoxy) is 3. The lowest BCUT2D eigenvalue weighted by Gasteiger charge is -2.12. The SMILES string of the molecule is CCOc1ccc(NC(=O)c2cccc(CSc3ncn[nH]3)c2)cc1.COc1cc(NC(=O)c2cccc(CSC3=NC(N)NN3)c2)ccc1-c1ccccc1.Nc1nc(SCc2cccc(C(=O)Nc3cccc(OC(F)(F)F)c3)c2)n[nH]1. The van der Waals surface area contributed by atoms with Gasteiger partial charge in [0.2, 0.25) is 11.1 Å². The van der Waals surface area contributed by atoms with Crippen LogP contribution in [0, 0.1) is 0 Å². The molecule has 0 aliphatic carbocycles. The number of amidine groups is 1. The molecule has 0 bridgehead atoms. The van der Waals surface area contributed by atoms with Crippen molar-refractivity contribution >= 4 is 81.2 Å².